The average molecular weight is 296 g/mol. The molecule has 6 heteroatoms. The molecule has 0 aliphatic heterocycles. The van der Waals surface area contributed by atoms with Crippen molar-refractivity contribution in [2.24, 2.45) is 5.41 Å². The van der Waals surface area contributed by atoms with Crippen LogP contribution in [-0.4, -0.2) is 34.1 Å². The third-order valence-corrected chi connectivity index (χ3v) is 4.17. The molecule has 2 amide bonds. The van der Waals surface area contributed by atoms with Crippen molar-refractivity contribution in [1.82, 2.24) is 15.1 Å². The Kier molecular flexibility index (Phi) is 6.68. The molecule has 0 aromatic carbocycles. The van der Waals surface area contributed by atoms with Crippen molar-refractivity contribution in [1.29, 1.82) is 0 Å². The van der Waals surface area contributed by atoms with Crippen molar-refractivity contribution in [3.63, 3.8) is 0 Å². The summed E-state index contributed by atoms with van der Waals surface area (Å²) < 4.78 is 1.76. The molecule has 0 bridgehead atoms. The molecule has 1 rings (SSSR count). The Balaban J connectivity index is 2.59. The second kappa shape index (κ2) is 8.02. The Morgan fingerprint density at radius 1 is 1.43 bits per heavy atom. The van der Waals surface area contributed by atoms with Gasteiger partial charge >= 0.3 is 6.03 Å². The summed E-state index contributed by atoms with van der Waals surface area (Å²) in [6.45, 7) is 8.90. The Hall–Kier alpha value is -1.56. The zero-order valence-electron chi connectivity index (χ0n) is 13.5. The molecule has 0 radical (unpaired) electrons. The number of nitrogens with one attached hydrogen (secondary N) is 2. The van der Waals surface area contributed by atoms with Gasteiger partial charge in [0, 0.05) is 25.3 Å². The smallest absolute Gasteiger partial charge is 0.320 e. The number of aromatic nitrogens is 2. The van der Waals surface area contributed by atoms with Crippen molar-refractivity contribution >= 4 is 11.8 Å². The summed E-state index contributed by atoms with van der Waals surface area (Å²) in [4.78, 5) is 12.0. The van der Waals surface area contributed by atoms with Crippen LogP contribution in [0, 0.1) is 5.41 Å². The fourth-order valence-electron chi connectivity index (χ4n) is 2.43. The maximum Gasteiger partial charge on any atom is 0.320 e. The van der Waals surface area contributed by atoms with Gasteiger partial charge in [0.1, 0.15) is 5.82 Å². The van der Waals surface area contributed by atoms with Crippen molar-refractivity contribution in [2.45, 2.75) is 53.0 Å². The van der Waals surface area contributed by atoms with Crippen LogP contribution in [0.5, 0.6) is 0 Å². The predicted octanol–water partition coefficient (Wildman–Crippen LogP) is 2.77. The lowest BCUT2D eigenvalue weighted by Gasteiger charge is -2.31. The van der Waals surface area contributed by atoms with Crippen LogP contribution < -0.4 is 10.6 Å². The first-order chi connectivity index (χ1) is 9.98. The van der Waals surface area contributed by atoms with E-state index in [4.69, 9.17) is 0 Å². The molecule has 0 saturated carbocycles. The highest BCUT2D eigenvalue weighted by Crippen LogP contribution is 2.29. The summed E-state index contributed by atoms with van der Waals surface area (Å²) in [7, 11) is 0. The van der Waals surface area contributed by atoms with E-state index in [1.807, 2.05) is 13.8 Å². The number of carbonyl (C=O) groups is 1. The summed E-state index contributed by atoms with van der Waals surface area (Å²) in [6, 6.07) is 1.73. The lowest BCUT2D eigenvalue weighted by atomic mass is 9.79. The fraction of sp³-hybridized carbons (Fsp3) is 0.733. The standard InChI is InChI=1S/C15H28N4O2/c1-5-15(6-2,8-10-20)11-16-14(21)18-13-7-9-17-19(13)12(3)4/h7,9,12,20H,5-6,8,10-11H2,1-4H3,(H2,16,18,21). The third kappa shape index (κ3) is 4.74. The molecule has 0 aliphatic carbocycles. The molecule has 1 aromatic heterocycles. The van der Waals surface area contributed by atoms with E-state index < -0.39 is 0 Å². The largest absolute Gasteiger partial charge is 0.396 e. The molecular formula is C15H28N4O2. The topological polar surface area (TPSA) is 79.2 Å². The van der Waals surface area contributed by atoms with Gasteiger partial charge in [0.15, 0.2) is 0 Å². The molecule has 0 spiro atoms. The summed E-state index contributed by atoms with van der Waals surface area (Å²) in [5, 5.41) is 19.1. The molecule has 1 aromatic rings. The zero-order chi connectivity index (χ0) is 15.9. The van der Waals surface area contributed by atoms with Gasteiger partial charge in [0.05, 0.1) is 6.20 Å². The number of anilines is 1. The molecule has 0 aliphatic rings. The maximum atomic E-state index is 12.0. The Morgan fingerprint density at radius 2 is 2.10 bits per heavy atom. The predicted molar refractivity (Wildman–Crippen MR) is 84.4 cm³/mol. The van der Waals surface area contributed by atoms with Crippen LogP contribution in [0.2, 0.25) is 0 Å². The van der Waals surface area contributed by atoms with Crippen LogP contribution in [0.15, 0.2) is 12.3 Å². The van der Waals surface area contributed by atoms with Gasteiger partial charge in [0.2, 0.25) is 0 Å². The normalized spacial score (nSPS) is 11.7. The molecule has 1 heterocycles. The Bertz CT molecular complexity index is 439. The number of rotatable bonds is 8. The zero-order valence-corrected chi connectivity index (χ0v) is 13.5. The number of urea groups is 1. The van der Waals surface area contributed by atoms with Crippen molar-refractivity contribution in [3.05, 3.63) is 12.3 Å². The molecule has 3 N–H and O–H groups in total. The Morgan fingerprint density at radius 3 is 2.62 bits per heavy atom. The van der Waals surface area contributed by atoms with Crippen LogP contribution in [0.25, 0.3) is 0 Å². The third-order valence-electron chi connectivity index (χ3n) is 4.17. The minimum absolute atomic E-state index is 0.0373. The molecule has 0 fully saturated rings. The fourth-order valence-corrected chi connectivity index (χ4v) is 2.43. The van der Waals surface area contributed by atoms with Gasteiger partial charge in [-0.2, -0.15) is 5.10 Å². The van der Waals surface area contributed by atoms with Crippen molar-refractivity contribution < 1.29 is 9.90 Å². The van der Waals surface area contributed by atoms with Crippen LogP contribution in [0.4, 0.5) is 10.6 Å². The second-order valence-electron chi connectivity index (χ2n) is 5.74. The van der Waals surface area contributed by atoms with E-state index in [0.29, 0.717) is 18.8 Å². The number of carbonyl (C=O) groups excluding carboxylic acids is 1. The lowest BCUT2D eigenvalue weighted by Crippen LogP contribution is -2.40. The number of hydrogen-bond donors (Lipinski definition) is 3. The highest BCUT2D eigenvalue weighted by molar-refractivity contribution is 5.88. The minimum Gasteiger partial charge on any atom is -0.396 e. The van der Waals surface area contributed by atoms with E-state index in [2.05, 4.69) is 29.6 Å². The number of nitrogens with zero attached hydrogens (tertiary/aromatic N) is 2. The summed E-state index contributed by atoms with van der Waals surface area (Å²) >= 11 is 0. The van der Waals surface area contributed by atoms with Crippen LogP contribution >= 0.6 is 0 Å². The molecule has 120 valence electrons. The molecule has 0 atom stereocenters. The Labute approximate surface area is 126 Å². The van der Waals surface area contributed by atoms with Gasteiger partial charge in [-0.3, -0.25) is 5.32 Å². The molecule has 6 nitrogen and oxygen atoms in total. The van der Waals surface area contributed by atoms with Crippen LogP contribution in [0.1, 0.15) is 53.0 Å². The maximum absolute atomic E-state index is 12.0. The van der Waals surface area contributed by atoms with Gasteiger partial charge in [-0.25, -0.2) is 9.48 Å². The van der Waals surface area contributed by atoms with E-state index in [-0.39, 0.29) is 24.1 Å². The SMILES string of the molecule is CCC(CC)(CCO)CNC(=O)Nc1ccnn1C(C)C. The van der Waals surface area contributed by atoms with Crippen LogP contribution in [-0.2, 0) is 0 Å². The summed E-state index contributed by atoms with van der Waals surface area (Å²) in [5.41, 5.74) is -0.0373. The van der Waals surface area contributed by atoms with Crippen molar-refractivity contribution in [3.8, 4) is 0 Å². The number of amides is 2. The van der Waals surface area contributed by atoms with E-state index >= 15 is 0 Å². The number of hydrogen-bond acceptors (Lipinski definition) is 3. The van der Waals surface area contributed by atoms with Gasteiger partial charge in [-0.05, 0) is 38.5 Å². The highest BCUT2D eigenvalue weighted by Gasteiger charge is 2.26. The number of aliphatic hydroxyl groups is 1. The van der Waals surface area contributed by atoms with E-state index in [1.165, 1.54) is 0 Å². The second-order valence-corrected chi connectivity index (χ2v) is 5.74. The average Bonchev–Trinajstić information content (AvgIpc) is 2.92. The van der Waals surface area contributed by atoms with Gasteiger partial charge < -0.3 is 10.4 Å². The van der Waals surface area contributed by atoms with Crippen LogP contribution in [0.3, 0.4) is 0 Å². The number of aliphatic hydroxyl groups excluding tert-OH is 1. The van der Waals surface area contributed by atoms with Gasteiger partial charge in [-0.15, -0.1) is 0 Å². The first kappa shape index (κ1) is 17.5. The molecular weight excluding hydrogens is 268 g/mol. The molecule has 0 unspecified atom stereocenters. The van der Waals surface area contributed by atoms with E-state index in [9.17, 15) is 9.90 Å². The quantitative estimate of drug-likeness (QED) is 0.690. The van der Waals surface area contributed by atoms with Crippen molar-refractivity contribution in [2.75, 3.05) is 18.5 Å². The summed E-state index contributed by atoms with van der Waals surface area (Å²) in [5.74, 6) is 0.684. The monoisotopic (exact) mass is 296 g/mol. The van der Waals surface area contributed by atoms with Gasteiger partial charge in [-0.1, -0.05) is 13.8 Å². The molecule has 0 saturated heterocycles. The summed E-state index contributed by atoms with van der Waals surface area (Å²) in [6.07, 6.45) is 4.22. The van der Waals surface area contributed by atoms with E-state index in [0.717, 1.165) is 12.8 Å². The first-order valence-electron chi connectivity index (χ1n) is 7.67. The van der Waals surface area contributed by atoms with E-state index in [1.54, 1.807) is 16.9 Å². The molecule has 21 heavy (non-hydrogen) atoms. The highest BCUT2D eigenvalue weighted by atomic mass is 16.3. The van der Waals surface area contributed by atoms with Gasteiger partial charge in [0.25, 0.3) is 0 Å². The first-order valence-corrected chi connectivity index (χ1v) is 7.67. The lowest BCUT2D eigenvalue weighted by molar-refractivity contribution is 0.165. The minimum atomic E-state index is -0.235.